The van der Waals surface area contributed by atoms with Gasteiger partial charge in [0.05, 0.1) is 19.7 Å². The number of hydrogen-bond donors (Lipinski definition) is 3. The van der Waals surface area contributed by atoms with Gasteiger partial charge in [-0.1, -0.05) is 0 Å². The predicted octanol–water partition coefficient (Wildman–Crippen LogP) is -2.62. The van der Waals surface area contributed by atoms with E-state index in [2.05, 4.69) is 0 Å². The molecule has 0 aromatic heterocycles. The monoisotopic (exact) mass is 284 g/mol. The highest BCUT2D eigenvalue weighted by Crippen LogP contribution is 2.38. The summed E-state index contributed by atoms with van der Waals surface area (Å²) >= 11 is 0. The van der Waals surface area contributed by atoms with Gasteiger partial charge in [0.1, 0.15) is 11.6 Å². The molecule has 2 aliphatic heterocycles. The standard InChI is InChI=1S/C12H20N4O4/c13-5-9(18)16-4-2-1-3-12(16)7-15(11(12)20)8(6-17)10(14)19/h8,17H,1-7,13H2,(H2,14,19)/t8-,12?/m0/s1. The number of rotatable bonds is 4. The van der Waals surface area contributed by atoms with Gasteiger partial charge in [-0.05, 0) is 19.3 Å². The number of hydrogen-bond acceptors (Lipinski definition) is 5. The first kappa shape index (κ1) is 14.7. The third kappa shape index (κ3) is 2.04. The third-order valence-corrected chi connectivity index (χ3v) is 4.18. The lowest BCUT2D eigenvalue weighted by Gasteiger charge is -2.57. The van der Waals surface area contributed by atoms with Crippen molar-refractivity contribution in [2.24, 2.45) is 11.5 Å². The quantitative estimate of drug-likeness (QED) is 0.487. The van der Waals surface area contributed by atoms with Gasteiger partial charge < -0.3 is 26.4 Å². The minimum Gasteiger partial charge on any atom is -0.394 e. The largest absolute Gasteiger partial charge is 0.394 e. The Morgan fingerprint density at radius 1 is 1.40 bits per heavy atom. The molecule has 1 unspecified atom stereocenters. The number of aliphatic hydroxyl groups excluding tert-OH is 1. The van der Waals surface area contributed by atoms with Crippen molar-refractivity contribution in [2.75, 3.05) is 26.2 Å². The molecule has 0 aromatic carbocycles. The number of aliphatic hydroxyl groups is 1. The van der Waals surface area contributed by atoms with Crippen LogP contribution in [0, 0.1) is 0 Å². The molecule has 0 bridgehead atoms. The van der Waals surface area contributed by atoms with E-state index in [-0.39, 0.29) is 24.9 Å². The molecule has 1 spiro atoms. The Bertz CT molecular complexity index is 441. The lowest BCUT2D eigenvalue weighted by molar-refractivity contribution is -0.181. The molecule has 0 radical (unpaired) electrons. The topological polar surface area (TPSA) is 130 Å². The van der Waals surface area contributed by atoms with Gasteiger partial charge in [-0.2, -0.15) is 0 Å². The van der Waals surface area contributed by atoms with Crippen LogP contribution < -0.4 is 11.5 Å². The molecular weight excluding hydrogens is 264 g/mol. The Hall–Kier alpha value is -1.67. The summed E-state index contributed by atoms with van der Waals surface area (Å²) in [4.78, 5) is 38.3. The van der Waals surface area contributed by atoms with Gasteiger partial charge in [-0.3, -0.25) is 14.4 Å². The number of nitrogens with two attached hydrogens (primary N) is 2. The Morgan fingerprint density at radius 2 is 2.10 bits per heavy atom. The maximum absolute atomic E-state index is 12.4. The smallest absolute Gasteiger partial charge is 0.251 e. The van der Waals surface area contributed by atoms with Crippen molar-refractivity contribution >= 4 is 17.7 Å². The molecule has 5 N–H and O–H groups in total. The van der Waals surface area contributed by atoms with Crippen LogP contribution in [0.4, 0.5) is 0 Å². The summed E-state index contributed by atoms with van der Waals surface area (Å²) < 4.78 is 0. The summed E-state index contributed by atoms with van der Waals surface area (Å²) in [6.07, 6.45) is 2.24. The average Bonchev–Trinajstić information content (AvgIpc) is 2.46. The molecule has 20 heavy (non-hydrogen) atoms. The second-order valence-electron chi connectivity index (χ2n) is 5.27. The summed E-state index contributed by atoms with van der Waals surface area (Å²) in [6.45, 7) is 0.0674. The Labute approximate surface area is 116 Å². The predicted molar refractivity (Wildman–Crippen MR) is 69.1 cm³/mol. The molecule has 8 heteroatoms. The molecule has 2 rings (SSSR count). The summed E-state index contributed by atoms with van der Waals surface area (Å²) in [5, 5.41) is 9.16. The van der Waals surface area contributed by atoms with Crippen molar-refractivity contribution in [3.05, 3.63) is 0 Å². The van der Waals surface area contributed by atoms with Crippen LogP contribution in [0.3, 0.4) is 0 Å². The van der Waals surface area contributed by atoms with Gasteiger partial charge in [0, 0.05) is 6.54 Å². The molecular formula is C12H20N4O4. The van der Waals surface area contributed by atoms with Crippen LogP contribution in [0.25, 0.3) is 0 Å². The van der Waals surface area contributed by atoms with Gasteiger partial charge in [0.15, 0.2) is 0 Å². The normalized spacial score (nSPS) is 27.4. The van der Waals surface area contributed by atoms with E-state index in [0.29, 0.717) is 13.0 Å². The summed E-state index contributed by atoms with van der Waals surface area (Å²) in [7, 11) is 0. The van der Waals surface area contributed by atoms with Crippen LogP contribution in [0.1, 0.15) is 19.3 Å². The van der Waals surface area contributed by atoms with Crippen molar-refractivity contribution in [1.29, 1.82) is 0 Å². The lowest BCUT2D eigenvalue weighted by Crippen LogP contribution is -2.79. The number of primary amides is 1. The molecule has 0 aliphatic carbocycles. The van der Waals surface area contributed by atoms with E-state index >= 15 is 0 Å². The van der Waals surface area contributed by atoms with E-state index in [1.807, 2.05) is 0 Å². The van der Waals surface area contributed by atoms with Gasteiger partial charge in [-0.15, -0.1) is 0 Å². The lowest BCUT2D eigenvalue weighted by atomic mass is 9.77. The molecule has 2 atom stereocenters. The first-order valence-corrected chi connectivity index (χ1v) is 6.69. The molecule has 0 saturated carbocycles. The Balaban J connectivity index is 2.18. The van der Waals surface area contributed by atoms with Crippen LogP contribution >= 0.6 is 0 Å². The number of likely N-dealkylation sites (tertiary alicyclic amines) is 2. The number of carbonyl (C=O) groups excluding carboxylic acids is 3. The Morgan fingerprint density at radius 3 is 2.60 bits per heavy atom. The number of amides is 3. The highest BCUT2D eigenvalue weighted by molar-refractivity contribution is 6.00. The number of piperidine rings is 1. The van der Waals surface area contributed by atoms with Crippen molar-refractivity contribution in [3.63, 3.8) is 0 Å². The highest BCUT2D eigenvalue weighted by Gasteiger charge is 2.59. The first-order chi connectivity index (χ1) is 9.47. The van der Waals surface area contributed by atoms with Crippen LogP contribution in [-0.4, -0.2) is 70.4 Å². The summed E-state index contributed by atoms with van der Waals surface area (Å²) in [6, 6.07) is -1.02. The van der Waals surface area contributed by atoms with E-state index < -0.39 is 24.1 Å². The minimum absolute atomic E-state index is 0.145. The molecule has 2 heterocycles. The van der Waals surface area contributed by atoms with Gasteiger partial charge in [0.2, 0.25) is 11.8 Å². The molecule has 0 aromatic rings. The minimum atomic E-state index is -1.02. The molecule has 8 nitrogen and oxygen atoms in total. The second-order valence-corrected chi connectivity index (χ2v) is 5.27. The van der Waals surface area contributed by atoms with Crippen molar-refractivity contribution in [3.8, 4) is 0 Å². The fourth-order valence-corrected chi connectivity index (χ4v) is 3.09. The molecule has 2 saturated heterocycles. The van der Waals surface area contributed by atoms with Gasteiger partial charge in [-0.25, -0.2) is 0 Å². The number of carbonyl (C=O) groups is 3. The first-order valence-electron chi connectivity index (χ1n) is 6.69. The molecule has 112 valence electrons. The fraction of sp³-hybridized carbons (Fsp3) is 0.750. The van der Waals surface area contributed by atoms with Crippen molar-refractivity contribution < 1.29 is 19.5 Å². The zero-order chi connectivity index (χ0) is 14.9. The van der Waals surface area contributed by atoms with E-state index in [4.69, 9.17) is 16.6 Å². The van der Waals surface area contributed by atoms with E-state index in [9.17, 15) is 14.4 Å². The van der Waals surface area contributed by atoms with Crippen LogP contribution in [-0.2, 0) is 14.4 Å². The van der Waals surface area contributed by atoms with E-state index in [0.717, 1.165) is 12.8 Å². The second kappa shape index (κ2) is 5.37. The molecule has 2 aliphatic rings. The number of nitrogens with zero attached hydrogens (tertiary/aromatic N) is 2. The van der Waals surface area contributed by atoms with Crippen LogP contribution in [0.15, 0.2) is 0 Å². The van der Waals surface area contributed by atoms with E-state index in [1.165, 1.54) is 9.80 Å². The molecule has 3 amide bonds. The maximum atomic E-state index is 12.4. The maximum Gasteiger partial charge on any atom is 0.251 e. The highest BCUT2D eigenvalue weighted by atomic mass is 16.3. The van der Waals surface area contributed by atoms with E-state index in [1.54, 1.807) is 0 Å². The Kier molecular flexibility index (Phi) is 3.96. The zero-order valence-electron chi connectivity index (χ0n) is 11.2. The molecule has 2 fully saturated rings. The number of β-lactam (4-membered cyclic amide) rings is 1. The fourth-order valence-electron chi connectivity index (χ4n) is 3.09. The average molecular weight is 284 g/mol. The zero-order valence-corrected chi connectivity index (χ0v) is 11.2. The van der Waals surface area contributed by atoms with Gasteiger partial charge in [0.25, 0.3) is 5.91 Å². The van der Waals surface area contributed by atoms with Crippen LogP contribution in [0.5, 0.6) is 0 Å². The van der Waals surface area contributed by atoms with Crippen LogP contribution in [0.2, 0.25) is 0 Å². The van der Waals surface area contributed by atoms with Crippen molar-refractivity contribution in [2.45, 2.75) is 30.8 Å². The van der Waals surface area contributed by atoms with Crippen molar-refractivity contribution in [1.82, 2.24) is 9.80 Å². The van der Waals surface area contributed by atoms with Gasteiger partial charge >= 0.3 is 0 Å². The SMILES string of the molecule is NCC(=O)N1CCCCC12CN([C@@H](CO)C(N)=O)C2=O. The third-order valence-electron chi connectivity index (χ3n) is 4.18. The summed E-state index contributed by atoms with van der Waals surface area (Å²) in [5.74, 6) is -1.34. The summed E-state index contributed by atoms with van der Waals surface area (Å²) in [5.41, 5.74) is 9.66.